The van der Waals surface area contributed by atoms with Gasteiger partial charge in [-0.2, -0.15) is 0 Å². The molecular weight excluding hydrogens is 374 g/mol. The normalized spacial score (nSPS) is 30.9. The molecule has 1 aromatic carbocycles. The smallest absolute Gasteiger partial charge is 0.318 e. The van der Waals surface area contributed by atoms with Crippen LogP contribution in [0.4, 0.5) is 6.01 Å². The van der Waals surface area contributed by atoms with Crippen molar-refractivity contribution in [2.75, 3.05) is 24.8 Å². The highest BCUT2D eigenvalue weighted by molar-refractivity contribution is 5.47. The van der Waals surface area contributed by atoms with Crippen molar-refractivity contribution in [3.05, 3.63) is 24.1 Å². The Hall–Kier alpha value is -2.48. The van der Waals surface area contributed by atoms with Crippen LogP contribution in [0.1, 0.15) is 43.9 Å². The summed E-state index contributed by atoms with van der Waals surface area (Å²) in [4.78, 5) is 2.18. The third-order valence-electron chi connectivity index (χ3n) is 6.87. The van der Waals surface area contributed by atoms with Crippen LogP contribution >= 0.6 is 0 Å². The average Bonchev–Trinajstić information content (AvgIpc) is 3.39. The number of benzene rings is 1. The number of nitrogens with zero attached hydrogens (tertiary/aromatic N) is 3. The predicted molar refractivity (Wildman–Crippen MR) is 102 cm³/mol. The number of ether oxygens (including phenoxy) is 3. The SMILES string of the molecule is O[C@@H]1C[C@H]2CN(c3nnc(C4CCC4)o3)C[C@H]2C[C@H]1Oc1ccc2c(c1)OCO2. The molecule has 0 unspecified atom stereocenters. The van der Waals surface area contributed by atoms with Gasteiger partial charge in [-0.3, -0.25) is 0 Å². The Kier molecular flexibility index (Phi) is 4.07. The van der Waals surface area contributed by atoms with Crippen LogP contribution in [0, 0.1) is 11.8 Å². The van der Waals surface area contributed by atoms with E-state index in [-0.39, 0.29) is 12.9 Å². The van der Waals surface area contributed by atoms with Gasteiger partial charge in [0.1, 0.15) is 11.9 Å². The van der Waals surface area contributed by atoms with Gasteiger partial charge in [-0.15, -0.1) is 5.10 Å². The zero-order valence-electron chi connectivity index (χ0n) is 16.2. The quantitative estimate of drug-likeness (QED) is 0.839. The highest BCUT2D eigenvalue weighted by Crippen LogP contribution is 2.42. The average molecular weight is 399 g/mol. The van der Waals surface area contributed by atoms with Gasteiger partial charge >= 0.3 is 6.01 Å². The maximum atomic E-state index is 10.7. The van der Waals surface area contributed by atoms with E-state index in [1.54, 1.807) is 0 Å². The minimum Gasteiger partial charge on any atom is -0.488 e. The number of hydrogen-bond donors (Lipinski definition) is 1. The molecule has 2 saturated carbocycles. The Morgan fingerprint density at radius 3 is 2.69 bits per heavy atom. The number of hydrogen-bond acceptors (Lipinski definition) is 8. The second-order valence-corrected chi connectivity index (χ2v) is 8.69. The van der Waals surface area contributed by atoms with E-state index in [0.717, 1.165) is 50.4 Å². The lowest BCUT2D eigenvalue weighted by Gasteiger charge is -2.35. The molecule has 2 aliphatic heterocycles. The summed E-state index contributed by atoms with van der Waals surface area (Å²) in [6.45, 7) is 1.96. The molecule has 8 nitrogen and oxygen atoms in total. The predicted octanol–water partition coefficient (Wildman–Crippen LogP) is 2.72. The summed E-state index contributed by atoms with van der Waals surface area (Å²) in [7, 11) is 0. The largest absolute Gasteiger partial charge is 0.488 e. The second kappa shape index (κ2) is 6.79. The van der Waals surface area contributed by atoms with Crippen molar-refractivity contribution in [3.8, 4) is 17.2 Å². The van der Waals surface area contributed by atoms with Gasteiger partial charge in [0.25, 0.3) is 0 Å². The van der Waals surface area contributed by atoms with E-state index in [0.29, 0.717) is 35.3 Å². The fourth-order valence-electron chi connectivity index (χ4n) is 4.97. The second-order valence-electron chi connectivity index (χ2n) is 8.69. The molecule has 1 aromatic heterocycles. The molecule has 0 amide bonds. The van der Waals surface area contributed by atoms with E-state index in [4.69, 9.17) is 18.6 Å². The Morgan fingerprint density at radius 1 is 1.03 bits per heavy atom. The highest BCUT2D eigenvalue weighted by atomic mass is 16.7. The zero-order valence-corrected chi connectivity index (χ0v) is 16.2. The van der Waals surface area contributed by atoms with Crippen molar-refractivity contribution in [2.45, 2.75) is 50.2 Å². The first-order chi connectivity index (χ1) is 14.2. The molecule has 4 aliphatic rings. The van der Waals surface area contributed by atoms with Crippen LogP contribution in [0.3, 0.4) is 0 Å². The molecule has 1 N–H and O–H groups in total. The van der Waals surface area contributed by atoms with E-state index in [1.165, 1.54) is 6.42 Å². The molecule has 154 valence electrons. The molecular formula is C21H25N3O5. The van der Waals surface area contributed by atoms with Gasteiger partial charge in [0.15, 0.2) is 11.5 Å². The number of rotatable bonds is 4. The molecule has 4 atom stereocenters. The molecule has 3 fully saturated rings. The monoisotopic (exact) mass is 399 g/mol. The van der Waals surface area contributed by atoms with Gasteiger partial charge in [0.2, 0.25) is 12.7 Å². The van der Waals surface area contributed by atoms with Crippen molar-refractivity contribution in [3.63, 3.8) is 0 Å². The van der Waals surface area contributed by atoms with Crippen LogP contribution < -0.4 is 19.1 Å². The Balaban J connectivity index is 1.12. The van der Waals surface area contributed by atoms with Gasteiger partial charge in [-0.1, -0.05) is 11.5 Å². The van der Waals surface area contributed by atoms with E-state index in [2.05, 4.69) is 15.1 Å². The number of aliphatic hydroxyl groups excluding tert-OH is 1. The molecule has 8 heteroatoms. The van der Waals surface area contributed by atoms with E-state index < -0.39 is 6.10 Å². The summed E-state index contributed by atoms with van der Waals surface area (Å²) >= 11 is 0. The van der Waals surface area contributed by atoms with E-state index >= 15 is 0 Å². The molecule has 3 heterocycles. The third kappa shape index (κ3) is 3.10. The van der Waals surface area contributed by atoms with Crippen LogP contribution in [-0.4, -0.2) is 47.4 Å². The lowest BCUT2D eigenvalue weighted by atomic mass is 9.78. The number of anilines is 1. The van der Waals surface area contributed by atoms with Gasteiger partial charge in [0.05, 0.1) is 6.10 Å². The first kappa shape index (κ1) is 17.4. The van der Waals surface area contributed by atoms with Crippen LogP contribution in [-0.2, 0) is 0 Å². The number of aromatic nitrogens is 2. The molecule has 0 radical (unpaired) electrons. The fourth-order valence-corrected chi connectivity index (χ4v) is 4.97. The lowest BCUT2D eigenvalue weighted by molar-refractivity contribution is -0.0232. The fraction of sp³-hybridized carbons (Fsp3) is 0.619. The summed E-state index contributed by atoms with van der Waals surface area (Å²) in [5.41, 5.74) is 0. The topological polar surface area (TPSA) is 90.1 Å². The van der Waals surface area contributed by atoms with Crippen molar-refractivity contribution in [1.82, 2.24) is 10.2 Å². The molecule has 6 rings (SSSR count). The summed E-state index contributed by atoms with van der Waals surface area (Å²) in [5.74, 6) is 4.21. The summed E-state index contributed by atoms with van der Waals surface area (Å²) in [5, 5.41) is 19.2. The molecule has 1 saturated heterocycles. The maximum Gasteiger partial charge on any atom is 0.318 e. The summed E-state index contributed by atoms with van der Waals surface area (Å²) in [6.07, 6.45) is 4.36. The number of fused-ring (bicyclic) bond motifs is 2. The Labute approximate surface area is 168 Å². The minimum atomic E-state index is -0.491. The van der Waals surface area contributed by atoms with E-state index in [9.17, 15) is 5.11 Å². The Morgan fingerprint density at radius 2 is 1.86 bits per heavy atom. The van der Waals surface area contributed by atoms with Gasteiger partial charge in [-0.05, 0) is 49.7 Å². The van der Waals surface area contributed by atoms with Crippen molar-refractivity contribution < 1.29 is 23.7 Å². The summed E-state index contributed by atoms with van der Waals surface area (Å²) in [6, 6.07) is 6.18. The standard InChI is InChI=1S/C21H25N3O5/c25-16-6-13-9-24(21-23-22-20(29-21)12-2-1-3-12)10-14(13)7-18(16)28-15-4-5-17-19(8-15)27-11-26-17/h4-5,8,12-14,16,18,25H,1-3,6-7,9-11H2/t13-,14+,16+,18+/m0/s1. The zero-order chi connectivity index (χ0) is 19.4. The van der Waals surface area contributed by atoms with Gasteiger partial charge in [0, 0.05) is 25.1 Å². The van der Waals surface area contributed by atoms with Gasteiger partial charge in [-0.25, -0.2) is 0 Å². The van der Waals surface area contributed by atoms with Crippen LogP contribution in [0.2, 0.25) is 0 Å². The molecule has 0 bridgehead atoms. The third-order valence-corrected chi connectivity index (χ3v) is 6.87. The maximum absolute atomic E-state index is 10.7. The molecule has 0 spiro atoms. The molecule has 29 heavy (non-hydrogen) atoms. The summed E-state index contributed by atoms with van der Waals surface area (Å²) < 4.78 is 22.9. The van der Waals surface area contributed by atoms with Crippen LogP contribution in [0.5, 0.6) is 17.2 Å². The van der Waals surface area contributed by atoms with Crippen molar-refractivity contribution >= 4 is 6.01 Å². The first-order valence-electron chi connectivity index (χ1n) is 10.6. The number of aliphatic hydroxyl groups is 1. The first-order valence-corrected chi connectivity index (χ1v) is 10.6. The van der Waals surface area contributed by atoms with Crippen molar-refractivity contribution in [2.24, 2.45) is 11.8 Å². The highest BCUT2D eigenvalue weighted by Gasteiger charge is 2.44. The van der Waals surface area contributed by atoms with Crippen LogP contribution in [0.25, 0.3) is 0 Å². The van der Waals surface area contributed by atoms with E-state index in [1.807, 2.05) is 18.2 Å². The van der Waals surface area contributed by atoms with Gasteiger partial charge < -0.3 is 28.6 Å². The lowest BCUT2D eigenvalue weighted by Crippen LogP contribution is -2.42. The minimum absolute atomic E-state index is 0.232. The van der Waals surface area contributed by atoms with Crippen LogP contribution in [0.15, 0.2) is 22.6 Å². The molecule has 2 aliphatic carbocycles. The molecule has 2 aromatic rings. The Bertz CT molecular complexity index is 898. The van der Waals surface area contributed by atoms with Crippen molar-refractivity contribution in [1.29, 1.82) is 0 Å².